The largest absolute Gasteiger partial charge is 0.495 e. The highest BCUT2D eigenvalue weighted by atomic mass is 32.2. The lowest BCUT2D eigenvalue weighted by Gasteiger charge is -2.13. The van der Waals surface area contributed by atoms with Gasteiger partial charge in [0, 0.05) is 5.69 Å². The number of ether oxygens (including phenoxy) is 2. The van der Waals surface area contributed by atoms with Gasteiger partial charge in [0.25, 0.3) is 10.0 Å². The zero-order valence-electron chi connectivity index (χ0n) is 13.6. The van der Waals surface area contributed by atoms with E-state index in [1.54, 1.807) is 6.92 Å². The van der Waals surface area contributed by atoms with E-state index in [0.29, 0.717) is 0 Å². The van der Waals surface area contributed by atoms with Crippen LogP contribution in [0.1, 0.15) is 6.92 Å². The minimum absolute atomic E-state index is 0.107. The fourth-order valence-corrected chi connectivity index (χ4v) is 3.05. The smallest absolute Gasteiger partial charge is 0.411 e. The third kappa shape index (κ3) is 4.83. The molecule has 0 saturated heterocycles. The van der Waals surface area contributed by atoms with Crippen molar-refractivity contribution in [2.75, 3.05) is 23.8 Å². The molecule has 9 heteroatoms. The number of carbonyl (C=O) groups excluding carboxylic acids is 1. The van der Waals surface area contributed by atoms with E-state index in [0.717, 1.165) is 12.1 Å². The average molecular weight is 368 g/mol. The summed E-state index contributed by atoms with van der Waals surface area (Å²) >= 11 is 0. The van der Waals surface area contributed by atoms with Crippen molar-refractivity contribution in [1.82, 2.24) is 0 Å². The number of hydrogen-bond donors (Lipinski definition) is 2. The molecule has 0 fully saturated rings. The molecular formula is C16H17FN2O5S. The van der Waals surface area contributed by atoms with Crippen LogP contribution in [0.5, 0.6) is 5.75 Å². The number of hydrogen-bond acceptors (Lipinski definition) is 5. The van der Waals surface area contributed by atoms with Crippen molar-refractivity contribution in [2.24, 2.45) is 0 Å². The van der Waals surface area contributed by atoms with Crippen LogP contribution in [0, 0.1) is 5.82 Å². The predicted molar refractivity (Wildman–Crippen MR) is 90.8 cm³/mol. The molecule has 134 valence electrons. The van der Waals surface area contributed by atoms with Crippen LogP contribution in [0.4, 0.5) is 20.6 Å². The van der Waals surface area contributed by atoms with Crippen LogP contribution in [0.25, 0.3) is 0 Å². The molecule has 0 unspecified atom stereocenters. The highest BCUT2D eigenvalue weighted by Gasteiger charge is 2.18. The number of sulfonamides is 1. The summed E-state index contributed by atoms with van der Waals surface area (Å²) in [5.41, 5.74) is 0.347. The van der Waals surface area contributed by atoms with Crippen LogP contribution in [0.3, 0.4) is 0 Å². The van der Waals surface area contributed by atoms with Crippen molar-refractivity contribution in [3.8, 4) is 5.75 Å². The predicted octanol–water partition coefficient (Wildman–Crippen LogP) is 3.20. The number of methoxy groups -OCH3 is 1. The molecule has 1 amide bonds. The Bertz CT molecular complexity index is 853. The molecule has 0 radical (unpaired) electrons. The molecule has 0 heterocycles. The maximum absolute atomic E-state index is 12.9. The Morgan fingerprint density at radius 3 is 2.44 bits per heavy atom. The summed E-state index contributed by atoms with van der Waals surface area (Å²) in [6.07, 6.45) is -0.734. The number of anilines is 2. The Hall–Kier alpha value is -2.81. The van der Waals surface area contributed by atoms with Crippen LogP contribution < -0.4 is 14.8 Å². The van der Waals surface area contributed by atoms with Gasteiger partial charge >= 0.3 is 6.09 Å². The van der Waals surface area contributed by atoms with Crippen LogP contribution in [-0.2, 0) is 14.8 Å². The lowest BCUT2D eigenvalue weighted by Crippen LogP contribution is -2.16. The number of nitrogens with one attached hydrogen (secondary N) is 2. The second-order valence-corrected chi connectivity index (χ2v) is 6.50. The topological polar surface area (TPSA) is 93.7 Å². The Morgan fingerprint density at radius 2 is 1.84 bits per heavy atom. The first-order valence-electron chi connectivity index (χ1n) is 7.26. The van der Waals surface area contributed by atoms with E-state index < -0.39 is 21.9 Å². The lowest BCUT2D eigenvalue weighted by molar-refractivity contribution is 0.168. The van der Waals surface area contributed by atoms with Gasteiger partial charge in [0.15, 0.2) is 0 Å². The van der Waals surface area contributed by atoms with Crippen LogP contribution in [0.2, 0.25) is 0 Å². The van der Waals surface area contributed by atoms with Crippen LogP contribution in [-0.4, -0.2) is 28.2 Å². The van der Waals surface area contributed by atoms with Gasteiger partial charge in [-0.1, -0.05) is 0 Å². The van der Waals surface area contributed by atoms with Gasteiger partial charge in [-0.15, -0.1) is 0 Å². The van der Waals surface area contributed by atoms with E-state index in [4.69, 9.17) is 9.47 Å². The molecule has 0 bridgehead atoms. The number of rotatable bonds is 6. The Morgan fingerprint density at radius 1 is 1.16 bits per heavy atom. The van der Waals surface area contributed by atoms with Crippen LogP contribution >= 0.6 is 0 Å². The molecule has 2 aromatic carbocycles. The van der Waals surface area contributed by atoms with Crippen molar-refractivity contribution in [3.63, 3.8) is 0 Å². The van der Waals surface area contributed by atoms with Gasteiger partial charge < -0.3 is 9.47 Å². The third-order valence-electron chi connectivity index (χ3n) is 3.09. The zero-order chi connectivity index (χ0) is 18.4. The van der Waals surface area contributed by atoms with Crippen molar-refractivity contribution in [2.45, 2.75) is 11.8 Å². The maximum atomic E-state index is 12.9. The molecule has 7 nitrogen and oxygen atoms in total. The second kappa shape index (κ2) is 7.84. The summed E-state index contributed by atoms with van der Waals surface area (Å²) in [6, 6.07) is 8.84. The highest BCUT2D eigenvalue weighted by Crippen LogP contribution is 2.28. The summed E-state index contributed by atoms with van der Waals surface area (Å²) in [5.74, 6) is -0.206. The van der Waals surface area contributed by atoms with E-state index in [-0.39, 0.29) is 28.6 Å². The Balaban J connectivity index is 2.30. The second-order valence-electron chi connectivity index (χ2n) is 4.82. The molecule has 0 atom stereocenters. The van der Waals surface area contributed by atoms with E-state index in [9.17, 15) is 17.6 Å². The van der Waals surface area contributed by atoms with Crippen molar-refractivity contribution < 1.29 is 27.1 Å². The summed E-state index contributed by atoms with van der Waals surface area (Å²) in [5, 5.41) is 2.42. The Kier molecular flexibility index (Phi) is 5.81. The quantitative estimate of drug-likeness (QED) is 0.817. The first-order valence-corrected chi connectivity index (χ1v) is 8.74. The van der Waals surface area contributed by atoms with Crippen molar-refractivity contribution in [3.05, 3.63) is 48.3 Å². The molecule has 2 aromatic rings. The summed E-state index contributed by atoms with van der Waals surface area (Å²) in [6.45, 7) is 1.81. The van der Waals surface area contributed by atoms with E-state index >= 15 is 0 Å². The minimum atomic E-state index is -3.94. The minimum Gasteiger partial charge on any atom is -0.495 e. The van der Waals surface area contributed by atoms with E-state index in [1.165, 1.54) is 37.4 Å². The Labute approximate surface area is 144 Å². The fourth-order valence-electron chi connectivity index (χ4n) is 1.96. The van der Waals surface area contributed by atoms with E-state index in [2.05, 4.69) is 10.0 Å². The zero-order valence-corrected chi connectivity index (χ0v) is 14.4. The third-order valence-corrected chi connectivity index (χ3v) is 4.47. The molecule has 0 saturated carbocycles. The maximum Gasteiger partial charge on any atom is 0.411 e. The molecule has 0 aliphatic heterocycles. The molecular weight excluding hydrogens is 351 g/mol. The molecule has 2 rings (SSSR count). The van der Waals surface area contributed by atoms with Gasteiger partial charge in [0.05, 0.1) is 24.3 Å². The number of benzene rings is 2. The van der Waals surface area contributed by atoms with Gasteiger partial charge in [-0.2, -0.15) is 0 Å². The molecule has 0 aromatic heterocycles. The fraction of sp³-hybridized carbons (Fsp3) is 0.188. The average Bonchev–Trinajstić information content (AvgIpc) is 2.57. The summed E-state index contributed by atoms with van der Waals surface area (Å²) in [4.78, 5) is 11.5. The van der Waals surface area contributed by atoms with Gasteiger partial charge in [0.1, 0.15) is 11.6 Å². The van der Waals surface area contributed by atoms with E-state index in [1.807, 2.05) is 0 Å². The summed E-state index contributed by atoms with van der Waals surface area (Å²) in [7, 11) is -2.56. The standard InChI is InChI=1S/C16H17FN2O5S/c1-3-24-16(20)18-14-10-13(8-9-15(14)23-2)25(21,22)19-12-6-4-11(17)5-7-12/h4-10,19H,3H2,1-2H3,(H,18,20). The molecule has 25 heavy (non-hydrogen) atoms. The lowest BCUT2D eigenvalue weighted by atomic mass is 10.3. The highest BCUT2D eigenvalue weighted by molar-refractivity contribution is 7.92. The summed E-state index contributed by atoms with van der Waals surface area (Å²) < 4.78 is 50.0. The number of halogens is 1. The number of carbonyl (C=O) groups is 1. The molecule has 0 aliphatic carbocycles. The van der Waals surface area contributed by atoms with Gasteiger partial charge in [-0.3, -0.25) is 10.0 Å². The van der Waals surface area contributed by atoms with Gasteiger partial charge in [0.2, 0.25) is 0 Å². The SMILES string of the molecule is CCOC(=O)Nc1cc(S(=O)(=O)Nc2ccc(F)cc2)ccc1OC. The van der Waals surface area contributed by atoms with Crippen LogP contribution in [0.15, 0.2) is 47.4 Å². The first kappa shape index (κ1) is 18.5. The van der Waals surface area contributed by atoms with Crippen molar-refractivity contribution in [1.29, 1.82) is 0 Å². The normalized spacial score (nSPS) is 10.8. The molecule has 2 N–H and O–H groups in total. The monoisotopic (exact) mass is 368 g/mol. The van der Waals surface area contributed by atoms with Gasteiger partial charge in [-0.05, 0) is 49.4 Å². The van der Waals surface area contributed by atoms with Crippen molar-refractivity contribution >= 4 is 27.5 Å². The molecule has 0 aliphatic rings. The van der Waals surface area contributed by atoms with Gasteiger partial charge in [-0.25, -0.2) is 17.6 Å². The number of amides is 1. The first-order chi connectivity index (χ1) is 11.9. The molecule has 0 spiro atoms.